The SMILES string of the molecule is CCSc1n[nH]c(=S)c2nc[nH]c12. The third-order valence-electron chi connectivity index (χ3n) is 1.61. The molecule has 0 aliphatic heterocycles. The molecule has 2 aromatic heterocycles. The molecule has 0 bridgehead atoms. The van der Waals surface area contributed by atoms with E-state index in [1.807, 2.05) is 0 Å². The van der Waals surface area contributed by atoms with E-state index in [-0.39, 0.29) is 0 Å². The van der Waals surface area contributed by atoms with Gasteiger partial charge in [0.25, 0.3) is 0 Å². The van der Waals surface area contributed by atoms with Crippen LogP contribution in [0.1, 0.15) is 6.92 Å². The molecule has 0 radical (unpaired) electrons. The van der Waals surface area contributed by atoms with Crippen molar-refractivity contribution in [1.29, 1.82) is 0 Å². The zero-order valence-electron chi connectivity index (χ0n) is 7.00. The zero-order valence-corrected chi connectivity index (χ0v) is 8.63. The average Bonchev–Trinajstić information content (AvgIpc) is 2.59. The van der Waals surface area contributed by atoms with Crippen molar-refractivity contribution in [2.24, 2.45) is 0 Å². The van der Waals surface area contributed by atoms with Gasteiger partial charge in [-0.25, -0.2) is 4.98 Å². The van der Waals surface area contributed by atoms with Gasteiger partial charge < -0.3 is 4.98 Å². The van der Waals surface area contributed by atoms with Crippen LogP contribution in [0.15, 0.2) is 11.4 Å². The van der Waals surface area contributed by atoms with E-state index in [1.165, 1.54) is 0 Å². The summed E-state index contributed by atoms with van der Waals surface area (Å²) in [6.07, 6.45) is 1.63. The molecule has 0 amide bonds. The smallest absolute Gasteiger partial charge is 0.147 e. The second-order valence-corrected chi connectivity index (χ2v) is 4.08. The molecule has 2 aromatic rings. The fraction of sp³-hybridized carbons (Fsp3) is 0.286. The number of aromatic amines is 2. The summed E-state index contributed by atoms with van der Waals surface area (Å²) in [7, 11) is 0. The number of nitrogens with one attached hydrogen (secondary N) is 2. The molecule has 13 heavy (non-hydrogen) atoms. The monoisotopic (exact) mass is 212 g/mol. The minimum atomic E-state index is 0.580. The number of nitrogens with zero attached hydrogens (tertiary/aromatic N) is 2. The van der Waals surface area contributed by atoms with Crippen LogP contribution in [0, 0.1) is 4.64 Å². The van der Waals surface area contributed by atoms with Crippen molar-refractivity contribution < 1.29 is 0 Å². The third kappa shape index (κ3) is 1.47. The van der Waals surface area contributed by atoms with Gasteiger partial charge in [-0.3, -0.25) is 5.10 Å². The molecule has 2 rings (SSSR count). The first-order valence-corrected chi connectivity index (χ1v) is 5.27. The standard InChI is InChI=1S/C7H8N4S2/c1-2-13-7-5-4(8-3-9-5)6(12)10-11-7/h3H,2H2,1H3,(H,8,9)(H,10,12). The van der Waals surface area contributed by atoms with Crippen LogP contribution in [-0.4, -0.2) is 25.9 Å². The van der Waals surface area contributed by atoms with Crippen molar-refractivity contribution in [1.82, 2.24) is 20.2 Å². The fourth-order valence-corrected chi connectivity index (χ4v) is 1.97. The van der Waals surface area contributed by atoms with E-state index in [1.54, 1.807) is 18.1 Å². The van der Waals surface area contributed by atoms with Gasteiger partial charge in [-0.15, -0.1) is 11.8 Å². The van der Waals surface area contributed by atoms with Crippen molar-refractivity contribution in [3.8, 4) is 0 Å². The highest BCUT2D eigenvalue weighted by Crippen LogP contribution is 2.22. The lowest BCUT2D eigenvalue weighted by molar-refractivity contribution is 0.939. The van der Waals surface area contributed by atoms with E-state index in [9.17, 15) is 0 Å². The van der Waals surface area contributed by atoms with Crippen LogP contribution >= 0.6 is 24.0 Å². The summed E-state index contributed by atoms with van der Waals surface area (Å²) in [4.78, 5) is 7.15. The van der Waals surface area contributed by atoms with E-state index in [4.69, 9.17) is 12.2 Å². The maximum atomic E-state index is 5.04. The van der Waals surface area contributed by atoms with Crippen LogP contribution in [0.2, 0.25) is 0 Å². The number of hydrogen-bond donors (Lipinski definition) is 2. The normalized spacial score (nSPS) is 10.8. The lowest BCUT2D eigenvalue weighted by atomic mass is 10.5. The molecule has 2 N–H and O–H groups in total. The molecule has 0 unspecified atom stereocenters. The average molecular weight is 212 g/mol. The molecule has 0 saturated heterocycles. The topological polar surface area (TPSA) is 57.4 Å². The summed E-state index contributed by atoms with van der Waals surface area (Å²) in [5, 5.41) is 7.83. The minimum Gasteiger partial charge on any atom is -0.342 e. The number of aromatic nitrogens is 4. The Kier molecular flexibility index (Phi) is 2.32. The third-order valence-corrected chi connectivity index (χ3v) is 2.75. The maximum Gasteiger partial charge on any atom is 0.147 e. The van der Waals surface area contributed by atoms with Crippen LogP contribution in [0.25, 0.3) is 11.0 Å². The molecule has 0 spiro atoms. The molecule has 68 valence electrons. The molecular weight excluding hydrogens is 204 g/mol. The lowest BCUT2D eigenvalue weighted by Crippen LogP contribution is -1.88. The van der Waals surface area contributed by atoms with E-state index in [2.05, 4.69) is 27.1 Å². The highest BCUT2D eigenvalue weighted by atomic mass is 32.2. The molecule has 2 heterocycles. The van der Waals surface area contributed by atoms with Gasteiger partial charge in [0.2, 0.25) is 0 Å². The Morgan fingerprint density at radius 2 is 2.46 bits per heavy atom. The first kappa shape index (κ1) is 8.71. The predicted molar refractivity (Wildman–Crippen MR) is 55.5 cm³/mol. The van der Waals surface area contributed by atoms with Gasteiger partial charge in [-0.05, 0) is 5.75 Å². The highest BCUT2D eigenvalue weighted by molar-refractivity contribution is 7.99. The molecule has 0 aliphatic rings. The summed E-state index contributed by atoms with van der Waals surface area (Å²) >= 11 is 6.70. The minimum absolute atomic E-state index is 0.580. The number of H-pyrrole nitrogens is 2. The number of hydrogen-bond acceptors (Lipinski definition) is 4. The van der Waals surface area contributed by atoms with Gasteiger partial charge in [0.15, 0.2) is 0 Å². The molecule has 0 aromatic carbocycles. The summed E-state index contributed by atoms with van der Waals surface area (Å²) < 4.78 is 0.580. The van der Waals surface area contributed by atoms with Gasteiger partial charge in [-0.2, -0.15) is 5.10 Å². The second kappa shape index (κ2) is 3.47. The van der Waals surface area contributed by atoms with E-state index < -0.39 is 0 Å². The largest absolute Gasteiger partial charge is 0.342 e. The number of rotatable bonds is 2. The Morgan fingerprint density at radius 1 is 1.62 bits per heavy atom. The van der Waals surface area contributed by atoms with E-state index >= 15 is 0 Å². The number of fused-ring (bicyclic) bond motifs is 1. The molecule has 6 heteroatoms. The van der Waals surface area contributed by atoms with Crippen molar-refractivity contribution in [3.05, 3.63) is 11.0 Å². The first-order valence-electron chi connectivity index (χ1n) is 3.87. The van der Waals surface area contributed by atoms with Crippen LogP contribution < -0.4 is 0 Å². The van der Waals surface area contributed by atoms with E-state index in [0.29, 0.717) is 4.64 Å². The van der Waals surface area contributed by atoms with Gasteiger partial charge in [-0.1, -0.05) is 19.1 Å². The fourth-order valence-electron chi connectivity index (χ4n) is 1.08. The Hall–Kier alpha value is -0.880. The van der Waals surface area contributed by atoms with Crippen LogP contribution in [0.3, 0.4) is 0 Å². The summed E-state index contributed by atoms with van der Waals surface area (Å²) in [6.45, 7) is 2.08. The zero-order chi connectivity index (χ0) is 9.26. The number of thioether (sulfide) groups is 1. The van der Waals surface area contributed by atoms with Crippen LogP contribution in [-0.2, 0) is 0 Å². The van der Waals surface area contributed by atoms with Crippen LogP contribution in [0.4, 0.5) is 0 Å². The second-order valence-electron chi connectivity index (χ2n) is 2.42. The maximum absolute atomic E-state index is 5.04. The summed E-state index contributed by atoms with van der Waals surface area (Å²) in [6, 6.07) is 0. The van der Waals surface area contributed by atoms with Crippen molar-refractivity contribution >= 4 is 35.0 Å². The van der Waals surface area contributed by atoms with Gasteiger partial charge in [0, 0.05) is 0 Å². The van der Waals surface area contributed by atoms with Crippen molar-refractivity contribution in [2.75, 3.05) is 5.75 Å². The number of imidazole rings is 1. The Bertz CT molecular complexity index is 473. The molecule has 0 aliphatic carbocycles. The van der Waals surface area contributed by atoms with Gasteiger partial charge in [0.1, 0.15) is 20.7 Å². The van der Waals surface area contributed by atoms with E-state index in [0.717, 1.165) is 21.8 Å². The Labute approximate surface area is 84.2 Å². The molecular formula is C7H8N4S2. The predicted octanol–water partition coefficient (Wildman–Crippen LogP) is 2.13. The van der Waals surface area contributed by atoms with Gasteiger partial charge in [0.05, 0.1) is 6.33 Å². The van der Waals surface area contributed by atoms with Crippen molar-refractivity contribution in [3.63, 3.8) is 0 Å². The lowest BCUT2D eigenvalue weighted by Gasteiger charge is -1.97. The summed E-state index contributed by atoms with van der Waals surface area (Å²) in [5.41, 5.74) is 1.72. The molecule has 0 fully saturated rings. The summed E-state index contributed by atoms with van der Waals surface area (Å²) in [5.74, 6) is 0.978. The quantitative estimate of drug-likeness (QED) is 0.591. The highest BCUT2D eigenvalue weighted by Gasteiger charge is 2.05. The van der Waals surface area contributed by atoms with Crippen molar-refractivity contribution in [2.45, 2.75) is 11.9 Å². The van der Waals surface area contributed by atoms with Crippen LogP contribution in [0.5, 0.6) is 0 Å². The van der Waals surface area contributed by atoms with Gasteiger partial charge >= 0.3 is 0 Å². The molecule has 0 atom stereocenters. The molecule has 0 saturated carbocycles. The Morgan fingerprint density at radius 3 is 3.23 bits per heavy atom. The Balaban J connectivity index is 2.71. The molecule has 4 nitrogen and oxygen atoms in total. The first-order chi connectivity index (χ1) is 6.33.